The van der Waals surface area contributed by atoms with Crippen LogP contribution in [0.1, 0.15) is 30.1 Å². The predicted molar refractivity (Wildman–Crippen MR) is 76.7 cm³/mol. The number of carbonyl (C=O) groups excluding carboxylic acids is 1. The van der Waals surface area contributed by atoms with Gasteiger partial charge in [-0.05, 0) is 44.1 Å². The molecule has 0 saturated heterocycles. The normalized spacial score (nSPS) is 12.6. The lowest BCUT2D eigenvalue weighted by Crippen LogP contribution is -2.32. The number of imidazole rings is 1. The van der Waals surface area contributed by atoms with Gasteiger partial charge in [0.05, 0.1) is 16.6 Å². The Balaban J connectivity index is 2.27. The minimum Gasteiger partial charge on any atom is -0.396 e. The molecular weight excluding hydrogens is 281 g/mol. The Bertz CT molecular complexity index is 680. The molecule has 2 aromatic rings. The van der Waals surface area contributed by atoms with Gasteiger partial charge >= 0.3 is 0 Å². The molecule has 0 saturated carbocycles. The second kappa shape index (κ2) is 6.15. The van der Waals surface area contributed by atoms with Crippen LogP contribution in [-0.4, -0.2) is 33.6 Å². The van der Waals surface area contributed by atoms with Crippen LogP contribution in [0.25, 0.3) is 11.0 Å². The third-order valence-corrected chi connectivity index (χ3v) is 3.21. The van der Waals surface area contributed by atoms with Gasteiger partial charge in [0.15, 0.2) is 4.77 Å². The monoisotopic (exact) mass is 297 g/mol. The molecule has 2 rings (SSSR count). The highest BCUT2D eigenvalue weighted by Crippen LogP contribution is 2.18. The SMILES string of the molecule is CC(CCCO)NC(=O)c1cc(F)cc2[nH]c(=S)[nH]c12. The molecule has 1 unspecified atom stereocenters. The zero-order valence-electron chi connectivity index (χ0n) is 11.0. The van der Waals surface area contributed by atoms with Gasteiger partial charge in [0.25, 0.3) is 5.91 Å². The van der Waals surface area contributed by atoms with E-state index in [1.165, 1.54) is 12.1 Å². The van der Waals surface area contributed by atoms with E-state index in [1.54, 1.807) is 0 Å². The molecule has 1 atom stereocenters. The van der Waals surface area contributed by atoms with Crippen LogP contribution in [0.5, 0.6) is 0 Å². The first-order chi connectivity index (χ1) is 9.51. The maximum absolute atomic E-state index is 13.5. The molecule has 0 aliphatic heterocycles. The fourth-order valence-electron chi connectivity index (χ4n) is 2.06. The summed E-state index contributed by atoms with van der Waals surface area (Å²) in [5.74, 6) is -0.874. The van der Waals surface area contributed by atoms with Crippen molar-refractivity contribution in [3.05, 3.63) is 28.3 Å². The highest BCUT2D eigenvalue weighted by Gasteiger charge is 2.15. The summed E-state index contributed by atoms with van der Waals surface area (Å²) in [4.78, 5) is 17.8. The largest absolute Gasteiger partial charge is 0.396 e. The van der Waals surface area contributed by atoms with E-state index in [0.717, 1.165) is 0 Å². The smallest absolute Gasteiger partial charge is 0.253 e. The Morgan fingerprint density at radius 3 is 2.95 bits per heavy atom. The number of carbonyl (C=O) groups is 1. The van der Waals surface area contributed by atoms with Gasteiger partial charge in [-0.2, -0.15) is 0 Å². The minimum atomic E-state index is -0.504. The summed E-state index contributed by atoms with van der Waals surface area (Å²) in [5.41, 5.74) is 1.16. The summed E-state index contributed by atoms with van der Waals surface area (Å²) in [7, 11) is 0. The second-order valence-electron chi connectivity index (χ2n) is 4.70. The number of aliphatic hydroxyl groups is 1. The Labute approximate surface area is 120 Å². The van der Waals surface area contributed by atoms with Crippen molar-refractivity contribution in [1.82, 2.24) is 15.3 Å². The van der Waals surface area contributed by atoms with Gasteiger partial charge in [0.1, 0.15) is 5.82 Å². The summed E-state index contributed by atoms with van der Waals surface area (Å²) in [6.07, 6.45) is 1.26. The summed E-state index contributed by atoms with van der Waals surface area (Å²) in [5, 5.41) is 11.5. The Hall–Kier alpha value is -1.73. The van der Waals surface area contributed by atoms with Gasteiger partial charge < -0.3 is 20.4 Å². The van der Waals surface area contributed by atoms with E-state index in [4.69, 9.17) is 17.3 Å². The molecule has 0 spiro atoms. The van der Waals surface area contributed by atoms with Gasteiger partial charge in [0, 0.05) is 12.6 Å². The summed E-state index contributed by atoms with van der Waals surface area (Å²) in [6.45, 7) is 1.92. The fourth-order valence-corrected chi connectivity index (χ4v) is 2.27. The molecule has 1 heterocycles. The molecule has 0 aliphatic carbocycles. The zero-order chi connectivity index (χ0) is 14.7. The topological polar surface area (TPSA) is 80.9 Å². The number of rotatable bonds is 5. The average molecular weight is 297 g/mol. The lowest BCUT2D eigenvalue weighted by molar-refractivity contribution is 0.0937. The van der Waals surface area contributed by atoms with E-state index < -0.39 is 5.82 Å². The third-order valence-electron chi connectivity index (χ3n) is 3.01. The average Bonchev–Trinajstić information content (AvgIpc) is 2.75. The minimum absolute atomic E-state index is 0.0787. The highest BCUT2D eigenvalue weighted by molar-refractivity contribution is 7.71. The van der Waals surface area contributed by atoms with E-state index in [1.807, 2.05) is 6.92 Å². The molecule has 1 aromatic carbocycles. The van der Waals surface area contributed by atoms with E-state index in [9.17, 15) is 9.18 Å². The van der Waals surface area contributed by atoms with Gasteiger partial charge in [-0.15, -0.1) is 0 Å². The van der Waals surface area contributed by atoms with Crippen molar-refractivity contribution >= 4 is 29.2 Å². The van der Waals surface area contributed by atoms with Crippen LogP contribution in [0, 0.1) is 10.6 Å². The maximum Gasteiger partial charge on any atom is 0.253 e. The first-order valence-corrected chi connectivity index (χ1v) is 6.75. The standard InChI is InChI=1S/C13H16FN3O2S/c1-7(3-2-4-18)15-12(19)9-5-8(14)6-10-11(9)17-13(20)16-10/h5-7,18H,2-4H2,1H3,(H,15,19)(H2,16,17,20). The first-order valence-electron chi connectivity index (χ1n) is 6.34. The Morgan fingerprint density at radius 1 is 1.50 bits per heavy atom. The van der Waals surface area contributed by atoms with Crippen molar-refractivity contribution < 1.29 is 14.3 Å². The number of halogens is 1. The zero-order valence-corrected chi connectivity index (χ0v) is 11.8. The van der Waals surface area contributed by atoms with E-state index in [2.05, 4.69) is 15.3 Å². The molecule has 1 amide bonds. The molecule has 0 fully saturated rings. The number of hydrogen-bond donors (Lipinski definition) is 4. The molecule has 5 nitrogen and oxygen atoms in total. The van der Waals surface area contributed by atoms with E-state index >= 15 is 0 Å². The number of nitrogens with one attached hydrogen (secondary N) is 3. The van der Waals surface area contributed by atoms with Crippen LogP contribution in [0.4, 0.5) is 4.39 Å². The van der Waals surface area contributed by atoms with Crippen LogP contribution in [0.15, 0.2) is 12.1 Å². The van der Waals surface area contributed by atoms with Crippen molar-refractivity contribution in [2.45, 2.75) is 25.8 Å². The van der Waals surface area contributed by atoms with Crippen LogP contribution in [-0.2, 0) is 0 Å². The molecule has 7 heteroatoms. The highest BCUT2D eigenvalue weighted by atomic mass is 32.1. The van der Waals surface area contributed by atoms with Crippen LogP contribution in [0.3, 0.4) is 0 Å². The molecular formula is C13H16FN3O2S. The number of aliphatic hydroxyl groups excluding tert-OH is 1. The maximum atomic E-state index is 13.5. The third kappa shape index (κ3) is 3.23. The number of H-pyrrole nitrogens is 2. The molecule has 108 valence electrons. The summed E-state index contributed by atoms with van der Waals surface area (Å²) in [6, 6.07) is 2.36. The van der Waals surface area contributed by atoms with Crippen molar-refractivity contribution in [2.75, 3.05) is 6.61 Å². The Kier molecular flexibility index (Phi) is 4.51. The number of benzene rings is 1. The predicted octanol–water partition coefficient (Wildman–Crippen LogP) is 2.26. The van der Waals surface area contributed by atoms with Crippen molar-refractivity contribution in [1.29, 1.82) is 0 Å². The van der Waals surface area contributed by atoms with Crippen molar-refractivity contribution in [2.24, 2.45) is 0 Å². The quantitative estimate of drug-likeness (QED) is 0.639. The fraction of sp³-hybridized carbons (Fsp3) is 0.385. The second-order valence-corrected chi connectivity index (χ2v) is 5.10. The van der Waals surface area contributed by atoms with Crippen molar-refractivity contribution in [3.8, 4) is 0 Å². The van der Waals surface area contributed by atoms with Gasteiger partial charge in [0.2, 0.25) is 0 Å². The van der Waals surface area contributed by atoms with Gasteiger partial charge in [-0.25, -0.2) is 4.39 Å². The summed E-state index contributed by atoms with van der Waals surface area (Å²) < 4.78 is 13.9. The molecule has 1 aromatic heterocycles. The number of hydrogen-bond acceptors (Lipinski definition) is 3. The first kappa shape index (κ1) is 14.7. The van der Waals surface area contributed by atoms with E-state index in [-0.39, 0.29) is 24.1 Å². The number of aromatic amines is 2. The summed E-state index contributed by atoms with van der Waals surface area (Å²) >= 11 is 4.95. The molecule has 0 bridgehead atoms. The van der Waals surface area contributed by atoms with Gasteiger partial charge in [-0.3, -0.25) is 4.79 Å². The van der Waals surface area contributed by atoms with Crippen LogP contribution < -0.4 is 5.32 Å². The van der Waals surface area contributed by atoms with Crippen LogP contribution >= 0.6 is 12.2 Å². The van der Waals surface area contributed by atoms with E-state index in [0.29, 0.717) is 28.6 Å². The molecule has 4 N–H and O–H groups in total. The number of fused-ring (bicyclic) bond motifs is 1. The Morgan fingerprint density at radius 2 is 2.25 bits per heavy atom. The lowest BCUT2D eigenvalue weighted by Gasteiger charge is -2.13. The lowest BCUT2D eigenvalue weighted by atomic mass is 10.1. The van der Waals surface area contributed by atoms with Crippen LogP contribution in [0.2, 0.25) is 0 Å². The molecule has 0 aliphatic rings. The van der Waals surface area contributed by atoms with Crippen molar-refractivity contribution in [3.63, 3.8) is 0 Å². The van der Waals surface area contributed by atoms with Gasteiger partial charge in [-0.1, -0.05) is 0 Å². The number of amides is 1. The molecule has 0 radical (unpaired) electrons. The molecule has 20 heavy (non-hydrogen) atoms. The number of aromatic nitrogens is 2.